The molecule has 3 saturated heterocycles. The van der Waals surface area contributed by atoms with Crippen molar-refractivity contribution in [2.24, 2.45) is 22.9 Å². The van der Waals surface area contributed by atoms with Gasteiger partial charge in [-0.3, -0.25) is 19.2 Å². The van der Waals surface area contributed by atoms with Crippen molar-refractivity contribution in [1.29, 1.82) is 0 Å². The van der Waals surface area contributed by atoms with Crippen molar-refractivity contribution in [2.45, 2.75) is 114 Å². The first-order valence-electron chi connectivity index (χ1n) is 13.7. The maximum absolute atomic E-state index is 12.2. The standard InChI is InChI=1S/C25H42N4O14/c1-9(30)35-8-15-19(43-24-17(28)21(37-11(3)32)18(36-10(2)31)14(7-26)40-24)22(38-12(4)33)25(41-15)39-13-6-16(27)42-23(29)20(13)34-5/h13-25H,6-8,26-29H2,1-5H3/t13-,14-,15+,16-,17+,18+,19+,20+,21+,22+,23+,24+,25+/m0/s1. The summed E-state index contributed by atoms with van der Waals surface area (Å²) >= 11 is 0. The lowest BCUT2D eigenvalue weighted by Gasteiger charge is -2.44. The molecule has 246 valence electrons. The van der Waals surface area contributed by atoms with Gasteiger partial charge in [-0.05, 0) is 0 Å². The normalized spacial score (nSPS) is 39.5. The topological polar surface area (TPSA) is 265 Å². The molecule has 0 aromatic heterocycles. The van der Waals surface area contributed by atoms with Crippen molar-refractivity contribution in [1.82, 2.24) is 0 Å². The van der Waals surface area contributed by atoms with E-state index >= 15 is 0 Å². The highest BCUT2D eigenvalue weighted by Crippen LogP contribution is 2.35. The number of hydrogen-bond acceptors (Lipinski definition) is 18. The second-order valence-electron chi connectivity index (χ2n) is 10.3. The third-order valence-electron chi connectivity index (χ3n) is 6.91. The van der Waals surface area contributed by atoms with E-state index in [2.05, 4.69) is 0 Å². The molecule has 0 aromatic rings. The van der Waals surface area contributed by atoms with Gasteiger partial charge in [-0.2, -0.15) is 0 Å². The van der Waals surface area contributed by atoms with Gasteiger partial charge in [-0.25, -0.2) is 0 Å². The van der Waals surface area contributed by atoms with Gasteiger partial charge < -0.3 is 70.3 Å². The van der Waals surface area contributed by atoms with Crippen LogP contribution in [-0.4, -0.2) is 124 Å². The molecule has 3 aliphatic rings. The van der Waals surface area contributed by atoms with Gasteiger partial charge in [0, 0.05) is 47.8 Å². The lowest BCUT2D eigenvalue weighted by molar-refractivity contribution is -0.286. The van der Waals surface area contributed by atoms with Crippen molar-refractivity contribution in [3.05, 3.63) is 0 Å². The number of ether oxygens (including phenoxy) is 10. The molecule has 13 atom stereocenters. The van der Waals surface area contributed by atoms with Crippen molar-refractivity contribution in [2.75, 3.05) is 20.3 Å². The zero-order chi connectivity index (χ0) is 32.0. The summed E-state index contributed by atoms with van der Waals surface area (Å²) in [7, 11) is 1.41. The van der Waals surface area contributed by atoms with Gasteiger partial charge >= 0.3 is 23.9 Å². The molecule has 3 heterocycles. The zero-order valence-electron chi connectivity index (χ0n) is 24.7. The smallest absolute Gasteiger partial charge is 0.303 e. The van der Waals surface area contributed by atoms with Crippen molar-refractivity contribution in [3.63, 3.8) is 0 Å². The number of carbonyl (C=O) groups excluding carboxylic acids is 4. The first-order valence-corrected chi connectivity index (χ1v) is 13.7. The van der Waals surface area contributed by atoms with Gasteiger partial charge in [0.15, 0.2) is 30.9 Å². The average Bonchev–Trinajstić information content (AvgIpc) is 3.20. The quantitative estimate of drug-likeness (QED) is 0.131. The second kappa shape index (κ2) is 15.5. The van der Waals surface area contributed by atoms with Crippen LogP contribution in [0, 0.1) is 0 Å². The molecule has 3 fully saturated rings. The van der Waals surface area contributed by atoms with Gasteiger partial charge in [0.1, 0.15) is 43.5 Å². The van der Waals surface area contributed by atoms with Crippen LogP contribution in [0.1, 0.15) is 34.1 Å². The van der Waals surface area contributed by atoms with Crippen LogP contribution in [0.4, 0.5) is 0 Å². The summed E-state index contributed by atoms with van der Waals surface area (Å²) in [5.41, 5.74) is 24.3. The van der Waals surface area contributed by atoms with Crippen LogP contribution in [0.15, 0.2) is 0 Å². The average molecular weight is 623 g/mol. The fourth-order valence-electron chi connectivity index (χ4n) is 5.18. The summed E-state index contributed by atoms with van der Waals surface area (Å²) in [4.78, 5) is 47.6. The van der Waals surface area contributed by atoms with Gasteiger partial charge in [0.05, 0.1) is 12.1 Å². The van der Waals surface area contributed by atoms with Gasteiger partial charge in [0.25, 0.3) is 0 Å². The molecule has 8 N–H and O–H groups in total. The van der Waals surface area contributed by atoms with Crippen LogP contribution in [0.3, 0.4) is 0 Å². The Labute approximate surface area is 248 Å². The monoisotopic (exact) mass is 622 g/mol. The third-order valence-corrected chi connectivity index (χ3v) is 6.91. The SMILES string of the molecule is CO[C@H]1[C@H](N)O[C@H](N)C[C@@H]1O[C@@H]1O[C@H](COC(C)=O)[C@@H](O[C@H]2O[C@@H](CN)[C@@H](OC(C)=O)[C@H](OC(C)=O)[C@H]2N)[C@H]1OC(C)=O. The first kappa shape index (κ1) is 35.0. The Morgan fingerprint density at radius 3 is 1.84 bits per heavy atom. The summed E-state index contributed by atoms with van der Waals surface area (Å²) in [6, 6.07) is -1.23. The van der Waals surface area contributed by atoms with Crippen LogP contribution in [0.5, 0.6) is 0 Å². The second-order valence-corrected chi connectivity index (χ2v) is 10.3. The van der Waals surface area contributed by atoms with E-state index in [1.807, 2.05) is 0 Å². The fourth-order valence-corrected chi connectivity index (χ4v) is 5.18. The number of methoxy groups -OCH3 is 1. The molecular weight excluding hydrogens is 580 g/mol. The molecule has 0 unspecified atom stereocenters. The van der Waals surface area contributed by atoms with Crippen LogP contribution in [0.25, 0.3) is 0 Å². The Hall–Kier alpha value is -2.52. The minimum Gasteiger partial charge on any atom is -0.463 e. The number of carbonyl (C=O) groups is 4. The maximum Gasteiger partial charge on any atom is 0.303 e. The van der Waals surface area contributed by atoms with Gasteiger partial charge in [-0.15, -0.1) is 0 Å². The van der Waals surface area contributed by atoms with Crippen molar-refractivity contribution in [3.8, 4) is 0 Å². The summed E-state index contributed by atoms with van der Waals surface area (Å²) in [5.74, 6) is -2.73. The molecule has 0 saturated carbocycles. The molecule has 0 aromatic carbocycles. The molecule has 0 radical (unpaired) electrons. The molecule has 43 heavy (non-hydrogen) atoms. The predicted octanol–water partition coefficient (Wildman–Crippen LogP) is -3.14. The van der Waals surface area contributed by atoms with Crippen LogP contribution in [0.2, 0.25) is 0 Å². The minimum absolute atomic E-state index is 0.148. The molecule has 3 aliphatic heterocycles. The predicted molar refractivity (Wildman–Crippen MR) is 140 cm³/mol. The Bertz CT molecular complexity index is 990. The molecule has 18 heteroatoms. The largest absolute Gasteiger partial charge is 0.463 e. The summed E-state index contributed by atoms with van der Waals surface area (Å²) in [6.07, 6.45) is -12.7. The minimum atomic E-state index is -1.37. The van der Waals surface area contributed by atoms with E-state index < -0.39 is 104 Å². The molecular formula is C25H42N4O14. The summed E-state index contributed by atoms with van der Waals surface area (Å²) in [5, 5.41) is 0. The number of esters is 4. The first-order chi connectivity index (χ1) is 20.2. The number of hydrogen-bond donors (Lipinski definition) is 4. The van der Waals surface area contributed by atoms with E-state index in [4.69, 9.17) is 70.3 Å². The Balaban J connectivity index is 1.93. The van der Waals surface area contributed by atoms with E-state index in [9.17, 15) is 19.2 Å². The van der Waals surface area contributed by atoms with Crippen LogP contribution in [-0.2, 0) is 66.5 Å². The molecule has 0 spiro atoms. The number of rotatable bonds is 11. The van der Waals surface area contributed by atoms with E-state index in [0.29, 0.717) is 0 Å². The highest BCUT2D eigenvalue weighted by atomic mass is 16.8. The summed E-state index contributed by atoms with van der Waals surface area (Å²) in [6.45, 7) is 4.16. The molecule has 3 rings (SSSR count). The molecule has 0 amide bonds. The zero-order valence-corrected chi connectivity index (χ0v) is 24.7. The van der Waals surface area contributed by atoms with E-state index in [1.54, 1.807) is 0 Å². The van der Waals surface area contributed by atoms with Crippen LogP contribution >= 0.6 is 0 Å². The highest BCUT2D eigenvalue weighted by Gasteiger charge is 2.55. The van der Waals surface area contributed by atoms with E-state index in [1.165, 1.54) is 21.0 Å². The van der Waals surface area contributed by atoms with E-state index in [0.717, 1.165) is 13.8 Å². The third kappa shape index (κ3) is 9.00. The van der Waals surface area contributed by atoms with Crippen LogP contribution < -0.4 is 22.9 Å². The lowest BCUT2D eigenvalue weighted by Crippen LogP contribution is -2.66. The highest BCUT2D eigenvalue weighted by molar-refractivity contribution is 5.68. The fraction of sp³-hybridized carbons (Fsp3) is 0.840. The van der Waals surface area contributed by atoms with Crippen molar-refractivity contribution >= 4 is 23.9 Å². The molecule has 0 aliphatic carbocycles. The lowest BCUT2D eigenvalue weighted by atomic mass is 9.96. The molecule has 0 bridgehead atoms. The van der Waals surface area contributed by atoms with E-state index in [-0.39, 0.29) is 19.6 Å². The molecule has 18 nitrogen and oxygen atoms in total. The Morgan fingerprint density at radius 1 is 0.698 bits per heavy atom. The summed E-state index contributed by atoms with van der Waals surface area (Å²) < 4.78 is 56.7. The number of nitrogens with two attached hydrogens (primary N) is 4. The Morgan fingerprint density at radius 2 is 1.28 bits per heavy atom. The Kier molecular flexibility index (Phi) is 12.6. The maximum atomic E-state index is 12.2. The van der Waals surface area contributed by atoms with Crippen molar-refractivity contribution < 1.29 is 66.5 Å². The van der Waals surface area contributed by atoms with Gasteiger partial charge in [0.2, 0.25) is 0 Å². The van der Waals surface area contributed by atoms with Gasteiger partial charge in [-0.1, -0.05) is 0 Å².